The highest BCUT2D eigenvalue weighted by molar-refractivity contribution is 6.25. The van der Waals surface area contributed by atoms with Crippen LogP contribution in [0.2, 0.25) is 0 Å². The molecule has 2 aliphatic rings. The van der Waals surface area contributed by atoms with Gasteiger partial charge >= 0.3 is 0 Å². The lowest BCUT2D eigenvalue weighted by molar-refractivity contribution is -0.152. The minimum absolute atomic E-state index is 0.0261. The molecule has 2 N–H and O–H groups in total. The first-order valence-electron chi connectivity index (χ1n) is 10.4. The van der Waals surface area contributed by atoms with Crippen LogP contribution in [-0.4, -0.2) is 91.5 Å². The van der Waals surface area contributed by atoms with Crippen LogP contribution in [0.25, 0.3) is 0 Å². The average Bonchev–Trinajstić information content (AvgIpc) is 3.03. The van der Waals surface area contributed by atoms with E-state index in [9.17, 15) is 19.2 Å². The summed E-state index contributed by atoms with van der Waals surface area (Å²) in [5, 5.41) is 0. The fourth-order valence-corrected chi connectivity index (χ4v) is 3.77. The Morgan fingerprint density at radius 3 is 2.25 bits per heavy atom. The molecule has 1 fully saturated rings. The fourth-order valence-electron chi connectivity index (χ4n) is 3.66. The molecule has 1 unspecified atom stereocenters. The van der Waals surface area contributed by atoms with Crippen LogP contribution in [0.3, 0.4) is 0 Å². The fraction of sp³-hybridized carbons (Fsp3) is 0.524. The van der Waals surface area contributed by atoms with Gasteiger partial charge in [-0.1, -0.05) is 6.07 Å². The number of hydrogen-bond donors (Lipinski definition) is 1. The number of carbonyl (C=O) groups is 4. The quantitative estimate of drug-likeness (QED) is 0.205. The number of amides is 4. The van der Waals surface area contributed by atoms with E-state index in [-0.39, 0.29) is 55.3 Å². The van der Waals surface area contributed by atoms with Gasteiger partial charge in [-0.15, -0.1) is 11.6 Å². The molecule has 11 heteroatoms. The molecule has 0 radical (unpaired) electrons. The first-order valence-corrected chi connectivity index (χ1v) is 10.9. The van der Waals surface area contributed by atoms with Gasteiger partial charge in [-0.2, -0.15) is 0 Å². The van der Waals surface area contributed by atoms with Crippen molar-refractivity contribution in [3.63, 3.8) is 0 Å². The van der Waals surface area contributed by atoms with E-state index in [1.165, 1.54) is 12.1 Å². The van der Waals surface area contributed by atoms with E-state index in [2.05, 4.69) is 0 Å². The van der Waals surface area contributed by atoms with Crippen molar-refractivity contribution in [1.29, 1.82) is 0 Å². The van der Waals surface area contributed by atoms with Gasteiger partial charge in [0.1, 0.15) is 6.04 Å². The molecular weight excluding hydrogens is 442 g/mol. The summed E-state index contributed by atoms with van der Waals surface area (Å²) in [6.07, 6.45) is 0.130. The van der Waals surface area contributed by atoms with Gasteiger partial charge in [0.05, 0.1) is 57.3 Å². The number of fused-ring (bicyclic) bond motifs is 1. The van der Waals surface area contributed by atoms with Crippen LogP contribution < -0.4 is 5.73 Å². The highest BCUT2D eigenvalue weighted by Gasteiger charge is 2.47. The standard InChI is InChI=1S/C21H26ClN3O7/c22-6-8-30-10-12-32-13-11-31-9-7-24-17(26)5-4-16(20(24)28)25-19(27)14-2-1-3-15(23)18(14)21(25)29/h1-3,16H,4-13,23H2. The second kappa shape index (κ2) is 11.4. The number of carbonyl (C=O) groups excluding carboxylic acids is 4. The molecule has 1 aromatic rings. The molecule has 1 saturated heterocycles. The summed E-state index contributed by atoms with van der Waals surface area (Å²) in [7, 11) is 0. The Kier molecular flexibility index (Phi) is 8.57. The van der Waals surface area contributed by atoms with E-state index >= 15 is 0 Å². The van der Waals surface area contributed by atoms with Gasteiger partial charge < -0.3 is 19.9 Å². The molecule has 32 heavy (non-hydrogen) atoms. The third-order valence-electron chi connectivity index (χ3n) is 5.20. The number of imide groups is 2. The number of benzene rings is 1. The number of nitrogen functional groups attached to an aromatic ring is 1. The molecule has 10 nitrogen and oxygen atoms in total. The van der Waals surface area contributed by atoms with E-state index < -0.39 is 23.8 Å². The summed E-state index contributed by atoms with van der Waals surface area (Å²) < 4.78 is 15.9. The maximum atomic E-state index is 13.0. The van der Waals surface area contributed by atoms with Crippen molar-refractivity contribution in [2.45, 2.75) is 18.9 Å². The second-order valence-corrected chi connectivity index (χ2v) is 7.59. The van der Waals surface area contributed by atoms with Crippen molar-refractivity contribution in [3.05, 3.63) is 29.3 Å². The van der Waals surface area contributed by atoms with Crippen molar-refractivity contribution in [2.75, 3.05) is 57.8 Å². The molecule has 1 aromatic carbocycles. The summed E-state index contributed by atoms with van der Waals surface area (Å²) in [5.74, 6) is -1.71. The highest BCUT2D eigenvalue weighted by Crippen LogP contribution is 2.31. The van der Waals surface area contributed by atoms with Gasteiger partial charge in [0.2, 0.25) is 5.91 Å². The molecule has 0 spiro atoms. The van der Waals surface area contributed by atoms with Crippen LogP contribution in [0, 0.1) is 0 Å². The Hall–Kier alpha value is -2.53. The molecule has 0 bridgehead atoms. The zero-order valence-corrected chi connectivity index (χ0v) is 18.3. The van der Waals surface area contributed by atoms with E-state index in [0.29, 0.717) is 32.3 Å². The minimum atomic E-state index is -1.05. The highest BCUT2D eigenvalue weighted by atomic mass is 35.5. The number of nitrogens with two attached hydrogens (primary N) is 1. The average molecular weight is 468 g/mol. The zero-order valence-electron chi connectivity index (χ0n) is 17.6. The van der Waals surface area contributed by atoms with E-state index in [1.54, 1.807) is 6.07 Å². The largest absolute Gasteiger partial charge is 0.398 e. The summed E-state index contributed by atoms with van der Waals surface area (Å²) in [6.45, 7) is 2.08. The third-order valence-corrected chi connectivity index (χ3v) is 5.35. The molecule has 2 aliphatic heterocycles. The van der Waals surface area contributed by atoms with Crippen LogP contribution in [0.5, 0.6) is 0 Å². The van der Waals surface area contributed by atoms with Crippen molar-refractivity contribution < 1.29 is 33.4 Å². The number of anilines is 1. The molecular formula is C21H26ClN3O7. The van der Waals surface area contributed by atoms with Gasteiger partial charge in [-0.05, 0) is 18.6 Å². The van der Waals surface area contributed by atoms with Crippen LogP contribution in [0.1, 0.15) is 33.6 Å². The zero-order chi connectivity index (χ0) is 23.1. The molecule has 0 aliphatic carbocycles. The Labute approximate surface area is 190 Å². The molecule has 3 rings (SSSR count). The Morgan fingerprint density at radius 2 is 1.59 bits per heavy atom. The Balaban J connectivity index is 1.49. The predicted octanol–water partition coefficient (Wildman–Crippen LogP) is 0.671. The molecule has 0 saturated carbocycles. The lowest BCUT2D eigenvalue weighted by Crippen LogP contribution is -2.56. The predicted molar refractivity (Wildman–Crippen MR) is 114 cm³/mol. The molecule has 2 heterocycles. The van der Waals surface area contributed by atoms with E-state index in [0.717, 1.165) is 9.80 Å². The monoisotopic (exact) mass is 467 g/mol. The van der Waals surface area contributed by atoms with Crippen LogP contribution >= 0.6 is 11.6 Å². The van der Waals surface area contributed by atoms with Crippen molar-refractivity contribution in [2.24, 2.45) is 0 Å². The summed E-state index contributed by atoms with van der Waals surface area (Å²) in [6, 6.07) is 3.56. The molecule has 1 atom stereocenters. The Bertz CT molecular complexity index is 879. The van der Waals surface area contributed by atoms with E-state index in [1.807, 2.05) is 0 Å². The van der Waals surface area contributed by atoms with Crippen LogP contribution in [0.4, 0.5) is 5.69 Å². The number of halogens is 1. The van der Waals surface area contributed by atoms with E-state index in [4.69, 9.17) is 31.5 Å². The maximum Gasteiger partial charge on any atom is 0.264 e. The van der Waals surface area contributed by atoms with Gasteiger partial charge in [0, 0.05) is 18.0 Å². The lowest BCUT2D eigenvalue weighted by Gasteiger charge is -2.34. The van der Waals surface area contributed by atoms with Gasteiger partial charge in [-0.25, -0.2) is 0 Å². The number of rotatable bonds is 12. The third kappa shape index (κ3) is 5.26. The number of alkyl halides is 1. The SMILES string of the molecule is Nc1cccc2c1C(=O)N(C1CCC(=O)N(CCOCCOCCOCCCl)C1=O)C2=O. The van der Waals surface area contributed by atoms with Gasteiger partial charge in [0.15, 0.2) is 0 Å². The van der Waals surface area contributed by atoms with Crippen LogP contribution in [-0.2, 0) is 23.8 Å². The van der Waals surface area contributed by atoms with Crippen molar-refractivity contribution in [3.8, 4) is 0 Å². The summed E-state index contributed by atoms with van der Waals surface area (Å²) in [5.41, 5.74) is 6.31. The van der Waals surface area contributed by atoms with Gasteiger partial charge in [-0.3, -0.25) is 29.0 Å². The summed E-state index contributed by atoms with van der Waals surface area (Å²) >= 11 is 5.49. The number of nitrogens with zero attached hydrogens (tertiary/aromatic N) is 2. The Morgan fingerprint density at radius 1 is 0.938 bits per heavy atom. The van der Waals surface area contributed by atoms with Crippen molar-refractivity contribution >= 4 is 40.9 Å². The molecule has 4 amide bonds. The smallest absolute Gasteiger partial charge is 0.264 e. The topological polar surface area (TPSA) is 128 Å². The first kappa shape index (κ1) is 24.1. The first-order chi connectivity index (χ1) is 15.5. The number of ether oxygens (including phenoxy) is 3. The minimum Gasteiger partial charge on any atom is -0.398 e. The summed E-state index contributed by atoms with van der Waals surface area (Å²) in [4.78, 5) is 52.8. The van der Waals surface area contributed by atoms with Crippen LogP contribution in [0.15, 0.2) is 18.2 Å². The van der Waals surface area contributed by atoms with Gasteiger partial charge in [0.25, 0.3) is 17.7 Å². The number of likely N-dealkylation sites (tertiary alicyclic amines) is 1. The number of piperidine rings is 1. The number of hydrogen-bond acceptors (Lipinski definition) is 8. The molecule has 0 aromatic heterocycles. The normalized spacial score (nSPS) is 18.6. The van der Waals surface area contributed by atoms with Crippen molar-refractivity contribution in [1.82, 2.24) is 9.80 Å². The maximum absolute atomic E-state index is 13.0. The lowest BCUT2D eigenvalue weighted by atomic mass is 10.0. The molecule has 174 valence electrons. The second-order valence-electron chi connectivity index (χ2n) is 7.21.